The maximum atomic E-state index is 5.62. The highest BCUT2D eigenvalue weighted by molar-refractivity contribution is 5.51. The monoisotopic (exact) mass is 235 g/mol. The first kappa shape index (κ1) is 11.8. The van der Waals surface area contributed by atoms with Gasteiger partial charge in [0.05, 0.1) is 0 Å². The summed E-state index contributed by atoms with van der Waals surface area (Å²) in [5.41, 5.74) is 1.07. The molecule has 4 heteroatoms. The number of benzene rings is 1. The summed E-state index contributed by atoms with van der Waals surface area (Å²) in [6.07, 6.45) is 1.72. The van der Waals surface area contributed by atoms with Crippen LogP contribution in [0, 0.1) is 0 Å². The standard InChI is InChI=1S/C13H17NO3/c1-3-5-15-11-7-13-12(16-9-17-13)6-10(11)8-14-4-2/h3,6-7,14H,1,4-5,8-9H2,2H3. The molecule has 17 heavy (non-hydrogen) atoms. The van der Waals surface area contributed by atoms with Crippen LogP contribution in [0.5, 0.6) is 17.2 Å². The van der Waals surface area contributed by atoms with E-state index in [9.17, 15) is 0 Å². The summed E-state index contributed by atoms with van der Waals surface area (Å²) >= 11 is 0. The first-order chi connectivity index (χ1) is 8.35. The van der Waals surface area contributed by atoms with Crippen LogP contribution in [-0.2, 0) is 6.54 Å². The van der Waals surface area contributed by atoms with Gasteiger partial charge in [0.15, 0.2) is 11.5 Å². The maximum absolute atomic E-state index is 5.62. The number of fused-ring (bicyclic) bond motifs is 1. The molecule has 1 aromatic rings. The third-order valence-electron chi connectivity index (χ3n) is 2.48. The van der Waals surface area contributed by atoms with Crippen molar-refractivity contribution in [1.82, 2.24) is 5.32 Å². The molecule has 1 N–H and O–H groups in total. The van der Waals surface area contributed by atoms with E-state index < -0.39 is 0 Å². The van der Waals surface area contributed by atoms with Crippen LogP contribution in [0.1, 0.15) is 12.5 Å². The molecule has 0 aliphatic carbocycles. The van der Waals surface area contributed by atoms with Crippen LogP contribution in [-0.4, -0.2) is 19.9 Å². The van der Waals surface area contributed by atoms with E-state index in [4.69, 9.17) is 14.2 Å². The van der Waals surface area contributed by atoms with Crippen molar-refractivity contribution in [3.8, 4) is 17.2 Å². The Bertz CT molecular complexity index is 404. The fraction of sp³-hybridized carbons (Fsp3) is 0.385. The van der Waals surface area contributed by atoms with Gasteiger partial charge < -0.3 is 19.5 Å². The van der Waals surface area contributed by atoms with Gasteiger partial charge in [-0.15, -0.1) is 0 Å². The molecule has 0 radical (unpaired) electrons. The SMILES string of the molecule is C=CCOc1cc2c(cc1CNCC)OCO2. The largest absolute Gasteiger partial charge is 0.489 e. The normalized spacial score (nSPS) is 12.5. The van der Waals surface area contributed by atoms with Gasteiger partial charge in [0.2, 0.25) is 6.79 Å². The van der Waals surface area contributed by atoms with Crippen LogP contribution in [0.3, 0.4) is 0 Å². The lowest BCUT2D eigenvalue weighted by Gasteiger charge is -2.11. The van der Waals surface area contributed by atoms with Crippen LogP contribution in [0.25, 0.3) is 0 Å². The summed E-state index contributed by atoms with van der Waals surface area (Å²) in [5.74, 6) is 2.34. The Labute approximate surface area is 101 Å². The minimum atomic E-state index is 0.279. The zero-order chi connectivity index (χ0) is 12.1. The van der Waals surface area contributed by atoms with Crippen molar-refractivity contribution in [2.75, 3.05) is 19.9 Å². The van der Waals surface area contributed by atoms with Gasteiger partial charge in [-0.05, 0) is 12.6 Å². The van der Waals surface area contributed by atoms with E-state index in [-0.39, 0.29) is 6.79 Å². The van der Waals surface area contributed by atoms with Crippen LogP contribution in [0.15, 0.2) is 24.8 Å². The number of hydrogen-bond donors (Lipinski definition) is 1. The van der Waals surface area contributed by atoms with Gasteiger partial charge in [-0.1, -0.05) is 19.6 Å². The molecule has 1 aromatic carbocycles. The summed E-state index contributed by atoms with van der Waals surface area (Å²) < 4.78 is 16.3. The fourth-order valence-corrected chi connectivity index (χ4v) is 1.65. The minimum absolute atomic E-state index is 0.279. The second-order valence-electron chi connectivity index (χ2n) is 3.69. The van der Waals surface area contributed by atoms with Gasteiger partial charge in [-0.2, -0.15) is 0 Å². The van der Waals surface area contributed by atoms with Crippen molar-refractivity contribution in [2.24, 2.45) is 0 Å². The van der Waals surface area contributed by atoms with Crippen LogP contribution in [0.4, 0.5) is 0 Å². The second-order valence-corrected chi connectivity index (χ2v) is 3.69. The Morgan fingerprint density at radius 1 is 1.41 bits per heavy atom. The molecular weight excluding hydrogens is 218 g/mol. The van der Waals surface area contributed by atoms with Crippen molar-refractivity contribution in [2.45, 2.75) is 13.5 Å². The van der Waals surface area contributed by atoms with E-state index in [0.29, 0.717) is 6.61 Å². The van der Waals surface area contributed by atoms with E-state index in [1.807, 2.05) is 12.1 Å². The van der Waals surface area contributed by atoms with Crippen molar-refractivity contribution in [3.05, 3.63) is 30.4 Å². The van der Waals surface area contributed by atoms with Crippen molar-refractivity contribution in [1.29, 1.82) is 0 Å². The Morgan fingerprint density at radius 3 is 2.88 bits per heavy atom. The van der Waals surface area contributed by atoms with Crippen molar-refractivity contribution in [3.63, 3.8) is 0 Å². The Balaban J connectivity index is 2.22. The van der Waals surface area contributed by atoms with Crippen LogP contribution in [0.2, 0.25) is 0 Å². The van der Waals surface area contributed by atoms with Gasteiger partial charge >= 0.3 is 0 Å². The molecule has 0 spiro atoms. The zero-order valence-corrected chi connectivity index (χ0v) is 9.99. The third kappa shape index (κ3) is 2.71. The van der Waals surface area contributed by atoms with Gasteiger partial charge in [-0.3, -0.25) is 0 Å². The predicted molar refractivity (Wildman–Crippen MR) is 65.6 cm³/mol. The highest BCUT2D eigenvalue weighted by atomic mass is 16.7. The van der Waals surface area contributed by atoms with E-state index in [0.717, 1.165) is 35.9 Å². The molecule has 1 aliphatic heterocycles. The quantitative estimate of drug-likeness (QED) is 0.766. The van der Waals surface area contributed by atoms with Crippen molar-refractivity contribution < 1.29 is 14.2 Å². The second kappa shape index (κ2) is 5.59. The average molecular weight is 235 g/mol. The molecule has 1 heterocycles. The predicted octanol–water partition coefficient (Wildman–Crippen LogP) is 2.09. The number of nitrogens with one attached hydrogen (secondary N) is 1. The van der Waals surface area contributed by atoms with Gasteiger partial charge in [0, 0.05) is 18.2 Å². The lowest BCUT2D eigenvalue weighted by Crippen LogP contribution is -2.13. The van der Waals surface area contributed by atoms with E-state index >= 15 is 0 Å². The molecule has 4 nitrogen and oxygen atoms in total. The first-order valence-corrected chi connectivity index (χ1v) is 5.72. The molecule has 0 unspecified atom stereocenters. The molecule has 0 aromatic heterocycles. The molecule has 0 amide bonds. The average Bonchev–Trinajstić information content (AvgIpc) is 2.80. The molecule has 2 rings (SSSR count). The highest BCUT2D eigenvalue weighted by Crippen LogP contribution is 2.38. The first-order valence-electron chi connectivity index (χ1n) is 5.72. The fourth-order valence-electron chi connectivity index (χ4n) is 1.65. The number of ether oxygens (including phenoxy) is 3. The molecule has 0 bridgehead atoms. The van der Waals surface area contributed by atoms with Gasteiger partial charge in [-0.25, -0.2) is 0 Å². The van der Waals surface area contributed by atoms with Crippen LogP contribution >= 0.6 is 0 Å². The third-order valence-corrected chi connectivity index (χ3v) is 2.48. The number of hydrogen-bond acceptors (Lipinski definition) is 4. The minimum Gasteiger partial charge on any atom is -0.489 e. The van der Waals surface area contributed by atoms with E-state index in [1.54, 1.807) is 6.08 Å². The summed E-state index contributed by atoms with van der Waals surface area (Å²) in [6.45, 7) is 8.14. The van der Waals surface area contributed by atoms with E-state index in [2.05, 4.69) is 18.8 Å². The number of rotatable bonds is 6. The molecule has 0 atom stereocenters. The van der Waals surface area contributed by atoms with Crippen molar-refractivity contribution >= 4 is 0 Å². The molecule has 0 saturated heterocycles. The molecular formula is C13H17NO3. The summed E-state index contributed by atoms with van der Waals surface area (Å²) in [4.78, 5) is 0. The smallest absolute Gasteiger partial charge is 0.231 e. The summed E-state index contributed by atoms with van der Waals surface area (Å²) in [6, 6.07) is 3.84. The maximum Gasteiger partial charge on any atom is 0.231 e. The Hall–Kier alpha value is -1.68. The topological polar surface area (TPSA) is 39.7 Å². The molecule has 0 fully saturated rings. The lowest BCUT2D eigenvalue weighted by atomic mass is 10.1. The van der Waals surface area contributed by atoms with Crippen LogP contribution < -0.4 is 19.5 Å². The molecule has 1 aliphatic rings. The summed E-state index contributed by atoms with van der Waals surface area (Å²) in [5, 5.41) is 3.27. The van der Waals surface area contributed by atoms with Gasteiger partial charge in [0.25, 0.3) is 0 Å². The molecule has 0 saturated carbocycles. The lowest BCUT2D eigenvalue weighted by molar-refractivity contribution is 0.174. The highest BCUT2D eigenvalue weighted by Gasteiger charge is 2.17. The Morgan fingerprint density at radius 2 is 2.18 bits per heavy atom. The zero-order valence-electron chi connectivity index (χ0n) is 9.99. The Kier molecular flexibility index (Phi) is 3.88. The van der Waals surface area contributed by atoms with Gasteiger partial charge in [0.1, 0.15) is 12.4 Å². The van der Waals surface area contributed by atoms with E-state index in [1.165, 1.54) is 0 Å². The summed E-state index contributed by atoms with van der Waals surface area (Å²) in [7, 11) is 0. The molecule has 92 valence electrons.